The maximum Gasteiger partial charge on any atom is 0.219 e. The third kappa shape index (κ3) is 4.59. The molecule has 1 heterocycles. The van der Waals surface area contributed by atoms with E-state index in [1.54, 1.807) is 7.11 Å². The first-order chi connectivity index (χ1) is 14.1. The van der Waals surface area contributed by atoms with Gasteiger partial charge >= 0.3 is 0 Å². The Balaban J connectivity index is 1.45. The predicted molar refractivity (Wildman–Crippen MR) is 120 cm³/mol. The average Bonchev–Trinajstić information content (AvgIpc) is 3.11. The van der Waals surface area contributed by atoms with Crippen molar-refractivity contribution in [2.75, 3.05) is 7.11 Å². The number of thioether (sulfide) groups is 1. The van der Waals surface area contributed by atoms with E-state index in [2.05, 4.69) is 38.1 Å². The van der Waals surface area contributed by atoms with E-state index in [0.717, 1.165) is 29.4 Å². The lowest BCUT2D eigenvalue weighted by molar-refractivity contribution is 0.414. The molecule has 1 aliphatic carbocycles. The van der Waals surface area contributed by atoms with Crippen LogP contribution in [-0.2, 0) is 12.2 Å². The molecule has 0 aliphatic heterocycles. The number of hydrogen-bond donors (Lipinski definition) is 0. The van der Waals surface area contributed by atoms with E-state index >= 15 is 0 Å². The number of fused-ring (bicyclic) bond motifs is 1. The summed E-state index contributed by atoms with van der Waals surface area (Å²) in [7, 11) is 1.74. The van der Waals surface area contributed by atoms with Gasteiger partial charge < -0.3 is 9.47 Å². The molecule has 1 aliphatic rings. The van der Waals surface area contributed by atoms with E-state index in [-0.39, 0.29) is 0 Å². The Kier molecular flexibility index (Phi) is 6.10. The number of aromatic nitrogens is 1. The van der Waals surface area contributed by atoms with Crippen LogP contribution in [-0.4, -0.2) is 17.3 Å². The zero-order valence-corrected chi connectivity index (χ0v) is 18.0. The molecule has 2 aromatic carbocycles. The van der Waals surface area contributed by atoms with Gasteiger partial charge in [-0.25, -0.2) is 4.98 Å². The Hall–Kier alpha value is -2.46. The molecule has 0 fully saturated rings. The minimum atomic E-state index is 0.553. The van der Waals surface area contributed by atoms with Crippen molar-refractivity contribution < 1.29 is 9.47 Å². The van der Waals surface area contributed by atoms with Crippen molar-refractivity contribution in [2.45, 2.75) is 37.2 Å². The highest BCUT2D eigenvalue weighted by Gasteiger charge is 2.35. The minimum absolute atomic E-state index is 0.553. The predicted octanol–water partition coefficient (Wildman–Crippen LogP) is 6.48. The van der Waals surface area contributed by atoms with E-state index < -0.39 is 0 Å². The molecule has 29 heavy (non-hydrogen) atoms. The van der Waals surface area contributed by atoms with Gasteiger partial charge in [-0.05, 0) is 59.7 Å². The smallest absolute Gasteiger partial charge is 0.219 e. The van der Waals surface area contributed by atoms with Crippen molar-refractivity contribution in [3.05, 3.63) is 83.6 Å². The molecule has 4 rings (SSSR count). The molecule has 150 valence electrons. The quantitative estimate of drug-likeness (QED) is 0.450. The normalized spacial score (nSPS) is 17.9. The second kappa shape index (κ2) is 8.91. The summed E-state index contributed by atoms with van der Waals surface area (Å²) in [5.41, 5.74) is 3.96. The second-order valence-corrected chi connectivity index (χ2v) is 9.00. The number of ether oxygens (including phenoxy) is 2. The largest absolute Gasteiger partial charge is 0.497 e. The van der Waals surface area contributed by atoms with E-state index in [0.29, 0.717) is 23.0 Å². The van der Waals surface area contributed by atoms with Crippen molar-refractivity contribution in [3.63, 3.8) is 0 Å². The van der Waals surface area contributed by atoms with Crippen LogP contribution in [0.5, 0.6) is 17.4 Å². The summed E-state index contributed by atoms with van der Waals surface area (Å²) in [6, 6.07) is 22.4. The number of nitrogens with zero attached hydrogens (tertiary/aromatic N) is 1. The van der Waals surface area contributed by atoms with Crippen LogP contribution in [0.15, 0.2) is 66.7 Å². The van der Waals surface area contributed by atoms with Crippen molar-refractivity contribution >= 4 is 11.8 Å². The molecule has 0 saturated carbocycles. The number of methoxy groups -OCH3 is 1. The molecule has 0 bridgehead atoms. The zero-order chi connectivity index (χ0) is 20.2. The molecule has 0 N–H and O–H groups in total. The molecule has 0 amide bonds. The highest BCUT2D eigenvalue weighted by molar-refractivity contribution is 7.99. The molecule has 2 atom stereocenters. The Morgan fingerprint density at radius 3 is 2.59 bits per heavy atom. The van der Waals surface area contributed by atoms with Gasteiger partial charge in [0.2, 0.25) is 5.88 Å². The maximum absolute atomic E-state index is 5.89. The molecule has 3 nitrogen and oxygen atoms in total. The van der Waals surface area contributed by atoms with E-state index in [9.17, 15) is 0 Å². The lowest BCUT2D eigenvalue weighted by Gasteiger charge is -2.24. The van der Waals surface area contributed by atoms with Crippen molar-refractivity contribution in [1.82, 2.24) is 4.98 Å². The van der Waals surface area contributed by atoms with Crippen molar-refractivity contribution in [1.29, 1.82) is 0 Å². The van der Waals surface area contributed by atoms with Crippen LogP contribution in [0.3, 0.4) is 0 Å². The van der Waals surface area contributed by atoms with Crippen LogP contribution >= 0.6 is 11.8 Å². The lowest BCUT2D eigenvalue weighted by atomic mass is 9.90. The van der Waals surface area contributed by atoms with E-state index in [1.165, 1.54) is 11.1 Å². The molecular formula is C25H27NO2S. The summed E-state index contributed by atoms with van der Waals surface area (Å²) < 4.78 is 11.3. The summed E-state index contributed by atoms with van der Waals surface area (Å²) in [5, 5.41) is 0.553. The van der Waals surface area contributed by atoms with Crippen LogP contribution in [0, 0.1) is 5.92 Å². The standard InChI is InChI=1S/C25H27NO2S/c1-17(2)25-22-13-12-21(27-3)14-18(22)15-23(25)29-16-19-8-7-11-24(26-19)28-20-9-5-4-6-10-20/h4-14,17,23,25H,15-16H2,1-3H3. The van der Waals surface area contributed by atoms with Gasteiger partial charge in [-0.1, -0.05) is 44.2 Å². The lowest BCUT2D eigenvalue weighted by Crippen LogP contribution is -2.16. The number of benzene rings is 2. The van der Waals surface area contributed by atoms with Crippen LogP contribution in [0.25, 0.3) is 0 Å². The van der Waals surface area contributed by atoms with E-state index in [1.807, 2.05) is 54.2 Å². The molecular weight excluding hydrogens is 378 g/mol. The fourth-order valence-corrected chi connectivity index (χ4v) is 5.61. The van der Waals surface area contributed by atoms with Gasteiger partial charge in [0.15, 0.2) is 0 Å². The SMILES string of the molecule is COc1ccc2c(c1)CC(SCc1cccc(Oc3ccccc3)n1)C2C(C)C. The first kappa shape index (κ1) is 19.8. The summed E-state index contributed by atoms with van der Waals surface area (Å²) in [4.78, 5) is 4.71. The molecule has 2 unspecified atom stereocenters. The van der Waals surface area contributed by atoms with Gasteiger partial charge in [0.25, 0.3) is 0 Å². The van der Waals surface area contributed by atoms with Crippen molar-refractivity contribution in [2.24, 2.45) is 5.92 Å². The van der Waals surface area contributed by atoms with Gasteiger partial charge in [0, 0.05) is 17.1 Å². The number of para-hydroxylation sites is 1. The molecule has 3 aromatic rings. The summed E-state index contributed by atoms with van der Waals surface area (Å²) >= 11 is 2.00. The van der Waals surface area contributed by atoms with Crippen LogP contribution in [0.4, 0.5) is 0 Å². The molecule has 1 aromatic heterocycles. The Labute approximate surface area is 177 Å². The van der Waals surface area contributed by atoms with Crippen LogP contribution < -0.4 is 9.47 Å². The molecule has 0 saturated heterocycles. The Morgan fingerprint density at radius 1 is 1.00 bits per heavy atom. The second-order valence-electron chi connectivity index (χ2n) is 7.77. The van der Waals surface area contributed by atoms with Gasteiger partial charge in [0.1, 0.15) is 11.5 Å². The van der Waals surface area contributed by atoms with Crippen LogP contribution in [0.1, 0.15) is 36.6 Å². The zero-order valence-electron chi connectivity index (χ0n) is 17.2. The van der Waals surface area contributed by atoms with E-state index in [4.69, 9.17) is 14.5 Å². The number of hydrogen-bond acceptors (Lipinski definition) is 4. The first-order valence-electron chi connectivity index (χ1n) is 10.1. The first-order valence-corrected chi connectivity index (χ1v) is 11.2. The fourth-order valence-electron chi connectivity index (χ4n) is 4.10. The topological polar surface area (TPSA) is 31.4 Å². The Morgan fingerprint density at radius 2 is 1.83 bits per heavy atom. The van der Waals surface area contributed by atoms with Gasteiger partial charge in [-0.3, -0.25) is 0 Å². The molecule has 4 heteroatoms. The average molecular weight is 406 g/mol. The number of rotatable bonds is 7. The maximum atomic E-state index is 5.89. The number of pyridine rings is 1. The van der Waals surface area contributed by atoms with Crippen LogP contribution in [0.2, 0.25) is 0 Å². The monoisotopic (exact) mass is 405 g/mol. The summed E-state index contributed by atoms with van der Waals surface area (Å²) in [5.74, 6) is 4.45. The summed E-state index contributed by atoms with van der Waals surface area (Å²) in [6.07, 6.45) is 1.08. The van der Waals surface area contributed by atoms with Crippen molar-refractivity contribution in [3.8, 4) is 17.4 Å². The molecule has 0 radical (unpaired) electrons. The Bertz CT molecular complexity index is 958. The highest BCUT2D eigenvalue weighted by atomic mass is 32.2. The third-order valence-corrected chi connectivity index (χ3v) is 6.79. The third-order valence-electron chi connectivity index (χ3n) is 5.44. The summed E-state index contributed by atoms with van der Waals surface area (Å²) in [6.45, 7) is 4.65. The fraction of sp³-hybridized carbons (Fsp3) is 0.320. The van der Waals surface area contributed by atoms with Gasteiger partial charge in [-0.2, -0.15) is 11.8 Å². The highest BCUT2D eigenvalue weighted by Crippen LogP contribution is 2.46. The van der Waals surface area contributed by atoms with Gasteiger partial charge in [0.05, 0.1) is 12.8 Å². The van der Waals surface area contributed by atoms with Gasteiger partial charge in [-0.15, -0.1) is 0 Å². The molecule has 0 spiro atoms. The minimum Gasteiger partial charge on any atom is -0.497 e.